The molecule has 10 heavy (non-hydrogen) atoms. The van der Waals surface area contributed by atoms with E-state index in [1.807, 2.05) is 23.6 Å². The van der Waals surface area contributed by atoms with Crippen LogP contribution in [0.4, 0.5) is 0 Å². The Morgan fingerprint density at radius 1 is 1.80 bits per heavy atom. The maximum absolute atomic E-state index is 8.51. The third-order valence-electron chi connectivity index (χ3n) is 1.07. The van der Waals surface area contributed by atoms with Crippen molar-refractivity contribution >= 4 is 16.9 Å². The summed E-state index contributed by atoms with van der Waals surface area (Å²) in [7, 11) is 0. The fourth-order valence-corrected chi connectivity index (χ4v) is 1.31. The Bertz CT molecular complexity index is 266. The molecule has 1 heterocycles. The van der Waals surface area contributed by atoms with Gasteiger partial charge in [-0.25, -0.2) is 0 Å². The van der Waals surface area contributed by atoms with Gasteiger partial charge in [-0.05, 0) is 11.4 Å². The summed E-state index contributed by atoms with van der Waals surface area (Å²) in [6.07, 6.45) is 1.33. The summed E-state index contributed by atoms with van der Waals surface area (Å²) in [4.78, 5) is 0.921. The summed E-state index contributed by atoms with van der Waals surface area (Å²) in [5.74, 6) is 0. The van der Waals surface area contributed by atoms with E-state index in [9.17, 15) is 0 Å². The smallest absolute Gasteiger partial charge is 0.102 e. The molecule has 2 N–H and O–H groups in total. The van der Waals surface area contributed by atoms with Gasteiger partial charge in [-0.15, -0.1) is 11.3 Å². The summed E-state index contributed by atoms with van der Waals surface area (Å²) in [5, 5.41) is 10.4. The molecule has 0 fully saturated rings. The van der Waals surface area contributed by atoms with E-state index in [-0.39, 0.29) is 0 Å². The monoisotopic (exact) mass is 150 g/mol. The molecular formula is C7H6N2S. The highest BCUT2D eigenvalue weighted by atomic mass is 32.1. The predicted octanol–water partition coefficient (Wildman–Crippen LogP) is 1.57. The number of nitrogens with two attached hydrogens (primary N) is 1. The van der Waals surface area contributed by atoms with E-state index in [1.165, 1.54) is 17.5 Å². The van der Waals surface area contributed by atoms with Gasteiger partial charge in [0, 0.05) is 11.1 Å². The molecular weight excluding hydrogens is 144 g/mol. The van der Waals surface area contributed by atoms with E-state index in [0.717, 1.165) is 4.88 Å². The molecule has 0 saturated heterocycles. The second-order valence-electron chi connectivity index (χ2n) is 1.67. The average molecular weight is 150 g/mol. The Morgan fingerprint density at radius 3 is 3.00 bits per heavy atom. The van der Waals surface area contributed by atoms with Gasteiger partial charge in [0.25, 0.3) is 0 Å². The minimum atomic E-state index is 0.537. The Hall–Kier alpha value is -1.27. The first kappa shape index (κ1) is 6.84. The number of rotatable bonds is 1. The van der Waals surface area contributed by atoms with Crippen molar-refractivity contribution in [3.63, 3.8) is 0 Å². The van der Waals surface area contributed by atoms with Gasteiger partial charge in [0.2, 0.25) is 0 Å². The number of nitriles is 1. The molecule has 3 heteroatoms. The topological polar surface area (TPSA) is 49.8 Å². The minimum absolute atomic E-state index is 0.537. The first-order valence-corrected chi connectivity index (χ1v) is 3.62. The highest BCUT2D eigenvalue weighted by Crippen LogP contribution is 2.17. The van der Waals surface area contributed by atoms with E-state index in [2.05, 4.69) is 0 Å². The third kappa shape index (κ3) is 1.17. The van der Waals surface area contributed by atoms with Gasteiger partial charge in [0.1, 0.15) is 6.07 Å². The van der Waals surface area contributed by atoms with Crippen molar-refractivity contribution in [1.29, 1.82) is 5.26 Å². The lowest BCUT2D eigenvalue weighted by molar-refractivity contribution is 1.52. The largest absolute Gasteiger partial charge is 0.403 e. The Labute approximate surface area is 63.2 Å². The molecule has 0 spiro atoms. The van der Waals surface area contributed by atoms with Crippen LogP contribution in [-0.2, 0) is 0 Å². The van der Waals surface area contributed by atoms with Gasteiger partial charge >= 0.3 is 0 Å². The molecule has 0 aromatic carbocycles. The molecule has 0 atom stereocenters. The number of allylic oxidation sites excluding steroid dienone is 1. The van der Waals surface area contributed by atoms with E-state index in [4.69, 9.17) is 11.0 Å². The van der Waals surface area contributed by atoms with Gasteiger partial charge in [0.15, 0.2) is 0 Å². The fraction of sp³-hybridized carbons (Fsp3) is 0. The van der Waals surface area contributed by atoms with Gasteiger partial charge in [-0.3, -0.25) is 0 Å². The molecule has 0 radical (unpaired) electrons. The predicted molar refractivity (Wildman–Crippen MR) is 42.1 cm³/mol. The second-order valence-corrected chi connectivity index (χ2v) is 2.62. The van der Waals surface area contributed by atoms with Crippen LogP contribution in [0, 0.1) is 11.3 Å². The van der Waals surface area contributed by atoms with E-state index in [0.29, 0.717) is 5.57 Å². The van der Waals surface area contributed by atoms with Crippen molar-refractivity contribution in [3.8, 4) is 6.07 Å². The van der Waals surface area contributed by atoms with Gasteiger partial charge in [-0.2, -0.15) is 5.26 Å². The summed E-state index contributed by atoms with van der Waals surface area (Å²) >= 11 is 1.51. The molecule has 1 rings (SSSR count). The van der Waals surface area contributed by atoms with Crippen molar-refractivity contribution in [1.82, 2.24) is 0 Å². The summed E-state index contributed by atoms with van der Waals surface area (Å²) in [6, 6.07) is 5.76. The fourth-order valence-electron chi connectivity index (χ4n) is 0.606. The van der Waals surface area contributed by atoms with Crippen LogP contribution < -0.4 is 5.73 Å². The zero-order chi connectivity index (χ0) is 7.40. The van der Waals surface area contributed by atoms with Gasteiger partial charge in [-0.1, -0.05) is 6.07 Å². The summed E-state index contributed by atoms with van der Waals surface area (Å²) in [5.41, 5.74) is 5.73. The Balaban J connectivity index is 2.99. The Morgan fingerprint density at radius 2 is 2.60 bits per heavy atom. The average Bonchev–Trinajstić information content (AvgIpc) is 2.43. The molecule has 0 amide bonds. The van der Waals surface area contributed by atoms with Crippen LogP contribution >= 0.6 is 11.3 Å². The SMILES string of the molecule is N#C/C(=C\N)c1cccs1. The van der Waals surface area contributed by atoms with Crippen LogP contribution in [0.2, 0.25) is 0 Å². The summed E-state index contributed by atoms with van der Waals surface area (Å²) in [6.45, 7) is 0. The molecule has 0 unspecified atom stereocenters. The molecule has 0 bridgehead atoms. The standard InChI is InChI=1S/C7H6N2S/c8-4-6(5-9)7-2-1-3-10-7/h1-4H,8H2/b6-4+. The van der Waals surface area contributed by atoms with E-state index < -0.39 is 0 Å². The normalized spacial score (nSPS) is 10.9. The molecule has 50 valence electrons. The van der Waals surface area contributed by atoms with Crippen LogP contribution in [0.15, 0.2) is 23.7 Å². The zero-order valence-electron chi connectivity index (χ0n) is 5.24. The highest BCUT2D eigenvalue weighted by molar-refractivity contribution is 7.11. The van der Waals surface area contributed by atoms with Crippen molar-refractivity contribution in [2.45, 2.75) is 0 Å². The molecule has 0 aliphatic carbocycles. The van der Waals surface area contributed by atoms with Crippen molar-refractivity contribution in [3.05, 3.63) is 28.6 Å². The maximum Gasteiger partial charge on any atom is 0.102 e. The maximum atomic E-state index is 8.51. The third-order valence-corrected chi connectivity index (χ3v) is 1.98. The first-order chi connectivity index (χ1) is 4.88. The zero-order valence-corrected chi connectivity index (χ0v) is 6.06. The molecule has 0 saturated carbocycles. The molecule has 0 aliphatic rings. The first-order valence-electron chi connectivity index (χ1n) is 2.74. The van der Waals surface area contributed by atoms with Crippen LogP contribution in [0.25, 0.3) is 5.57 Å². The minimum Gasteiger partial charge on any atom is -0.403 e. The second kappa shape index (κ2) is 3.04. The molecule has 1 aromatic heterocycles. The number of nitrogens with zero attached hydrogens (tertiary/aromatic N) is 1. The number of thiophene rings is 1. The van der Waals surface area contributed by atoms with Gasteiger partial charge in [0.05, 0.1) is 5.57 Å². The molecule has 0 aliphatic heterocycles. The van der Waals surface area contributed by atoms with Crippen LogP contribution in [-0.4, -0.2) is 0 Å². The van der Waals surface area contributed by atoms with E-state index >= 15 is 0 Å². The van der Waals surface area contributed by atoms with Crippen LogP contribution in [0.3, 0.4) is 0 Å². The van der Waals surface area contributed by atoms with Crippen molar-refractivity contribution in [2.75, 3.05) is 0 Å². The quantitative estimate of drug-likeness (QED) is 0.618. The number of hydrogen-bond acceptors (Lipinski definition) is 3. The van der Waals surface area contributed by atoms with Crippen molar-refractivity contribution < 1.29 is 0 Å². The lowest BCUT2D eigenvalue weighted by atomic mass is 10.3. The van der Waals surface area contributed by atoms with Crippen LogP contribution in [0.5, 0.6) is 0 Å². The molecule has 2 nitrogen and oxygen atoms in total. The van der Waals surface area contributed by atoms with E-state index in [1.54, 1.807) is 0 Å². The lowest BCUT2D eigenvalue weighted by Crippen LogP contribution is -1.82. The van der Waals surface area contributed by atoms with Gasteiger partial charge < -0.3 is 5.73 Å². The summed E-state index contributed by atoms with van der Waals surface area (Å²) < 4.78 is 0. The number of hydrogen-bond donors (Lipinski definition) is 1. The molecule has 1 aromatic rings. The highest BCUT2D eigenvalue weighted by Gasteiger charge is 1.97. The lowest BCUT2D eigenvalue weighted by Gasteiger charge is -1.86. The Kier molecular flexibility index (Phi) is 2.08. The van der Waals surface area contributed by atoms with Crippen LogP contribution in [0.1, 0.15) is 4.88 Å². The van der Waals surface area contributed by atoms with Crippen molar-refractivity contribution in [2.24, 2.45) is 5.73 Å².